The molecule has 0 saturated carbocycles. The molecule has 41 heavy (non-hydrogen) atoms. The molecule has 1 aromatic carbocycles. The van der Waals surface area contributed by atoms with Gasteiger partial charge in [-0.15, -0.1) is 0 Å². The van der Waals surface area contributed by atoms with Gasteiger partial charge in [0.2, 0.25) is 0 Å². The van der Waals surface area contributed by atoms with Gasteiger partial charge < -0.3 is 29.4 Å². The zero-order valence-electron chi connectivity index (χ0n) is 25.2. The Bertz CT molecular complexity index is 1100. The minimum atomic E-state index is -4.18. The Morgan fingerprint density at radius 3 is 2.24 bits per heavy atom. The number of methoxy groups -OCH3 is 2. The third kappa shape index (κ3) is 12.1. The second-order valence-corrected chi connectivity index (χ2v) is 12.0. The number of esters is 2. The van der Waals surface area contributed by atoms with Gasteiger partial charge in [-0.1, -0.05) is 39.8 Å². The molecular formula is C27H47N2O11P. The van der Waals surface area contributed by atoms with Crippen molar-refractivity contribution in [3.8, 4) is 5.75 Å². The van der Waals surface area contributed by atoms with E-state index in [9.17, 15) is 23.7 Å². The van der Waals surface area contributed by atoms with Crippen molar-refractivity contribution in [3.05, 3.63) is 29.8 Å². The number of amides is 2. The average molecular weight is 607 g/mol. The zero-order chi connectivity index (χ0) is 31.4. The molecule has 1 saturated heterocycles. The van der Waals surface area contributed by atoms with Gasteiger partial charge in [0.1, 0.15) is 17.4 Å². The van der Waals surface area contributed by atoms with Gasteiger partial charge in [0, 0.05) is 21.2 Å². The molecule has 14 heteroatoms. The lowest BCUT2D eigenvalue weighted by Crippen LogP contribution is -2.50. The number of hydrogen-bond acceptors (Lipinski definition) is 11. The summed E-state index contributed by atoms with van der Waals surface area (Å²) in [4.78, 5) is 48.3. The van der Waals surface area contributed by atoms with Crippen LogP contribution < -0.4 is 15.2 Å². The van der Waals surface area contributed by atoms with Crippen LogP contribution in [0.5, 0.6) is 5.75 Å². The highest BCUT2D eigenvalue weighted by molar-refractivity contribution is 7.49. The SMILES string of the molecule is CC.COC(=O)CCNC(=O)[C@@H]1O[P@@](=O)(Oc2ccc(C[C@H](NC(=O)OC(C)(C)C)C(=O)OC)cc2)OCC1(C)C.[HH].[HH]. The van der Waals surface area contributed by atoms with Crippen molar-refractivity contribution in [2.75, 3.05) is 27.4 Å². The highest BCUT2D eigenvalue weighted by Crippen LogP contribution is 2.56. The monoisotopic (exact) mass is 606 g/mol. The summed E-state index contributed by atoms with van der Waals surface area (Å²) in [7, 11) is -1.73. The van der Waals surface area contributed by atoms with Crippen molar-refractivity contribution in [1.82, 2.24) is 10.6 Å². The Labute approximate surface area is 244 Å². The lowest BCUT2D eigenvalue weighted by atomic mass is 9.87. The van der Waals surface area contributed by atoms with Crippen LogP contribution in [0.4, 0.5) is 4.79 Å². The number of ether oxygens (including phenoxy) is 3. The van der Waals surface area contributed by atoms with Crippen LogP contribution in [0.2, 0.25) is 0 Å². The summed E-state index contributed by atoms with van der Waals surface area (Å²) in [6.45, 7) is 12.4. The molecule has 0 bridgehead atoms. The van der Waals surface area contributed by atoms with Gasteiger partial charge in [-0.3, -0.25) is 18.6 Å². The fourth-order valence-electron chi connectivity index (χ4n) is 3.39. The van der Waals surface area contributed by atoms with Crippen LogP contribution in [0.1, 0.15) is 63.3 Å². The fourth-order valence-corrected chi connectivity index (χ4v) is 5.06. The molecule has 236 valence electrons. The number of hydrogen-bond donors (Lipinski definition) is 2. The van der Waals surface area contributed by atoms with Crippen LogP contribution >= 0.6 is 7.82 Å². The van der Waals surface area contributed by atoms with Crippen LogP contribution in [-0.4, -0.2) is 69.1 Å². The summed E-state index contributed by atoms with van der Waals surface area (Å²) in [5.74, 6) is -1.59. The first-order chi connectivity index (χ1) is 19.1. The maximum absolute atomic E-state index is 13.2. The van der Waals surface area contributed by atoms with Gasteiger partial charge >= 0.3 is 25.9 Å². The average Bonchev–Trinajstić information content (AvgIpc) is 2.90. The van der Waals surface area contributed by atoms with Crippen molar-refractivity contribution < 1.29 is 54.4 Å². The highest BCUT2D eigenvalue weighted by Gasteiger charge is 2.50. The smallest absolute Gasteiger partial charge is 0.469 e. The van der Waals surface area contributed by atoms with E-state index < -0.39 is 54.9 Å². The van der Waals surface area contributed by atoms with E-state index in [0.717, 1.165) is 0 Å². The fraction of sp³-hybridized carbons (Fsp3) is 0.630. The molecule has 2 amide bonds. The van der Waals surface area contributed by atoms with Crippen molar-refractivity contribution in [2.24, 2.45) is 5.41 Å². The molecule has 2 rings (SSSR count). The lowest BCUT2D eigenvalue weighted by molar-refractivity contribution is -0.143. The number of alkyl carbamates (subject to hydrolysis) is 1. The molecule has 13 nitrogen and oxygen atoms in total. The topological polar surface area (TPSA) is 165 Å². The standard InChI is InChI=1S/C25H37N2O11P.C2H6.2H2/c1-24(2,3)36-23(31)27-18(22(30)34-7)14-16-8-10-17(11-9-16)37-39(32)35-15-25(4,5)20(38-39)21(29)26-13-12-19(28)33-6;1-2;;/h8-11,18,20H,12-15H2,1-7H3,(H,26,29)(H,27,31);1-2H3;2*1H/t18-,20-,39+;;;/m0.../s1. The number of carbonyl (C=O) groups is 4. The highest BCUT2D eigenvalue weighted by atomic mass is 31.2. The van der Waals surface area contributed by atoms with Gasteiger partial charge in [-0.2, -0.15) is 0 Å². The van der Waals surface area contributed by atoms with E-state index in [1.807, 2.05) is 13.8 Å². The van der Waals surface area contributed by atoms with E-state index >= 15 is 0 Å². The van der Waals surface area contributed by atoms with Crippen LogP contribution in [0.3, 0.4) is 0 Å². The van der Waals surface area contributed by atoms with Crippen LogP contribution in [0.15, 0.2) is 24.3 Å². The number of carbonyl (C=O) groups excluding carboxylic acids is 4. The summed E-state index contributed by atoms with van der Waals surface area (Å²) in [5.41, 5.74) is -0.954. The molecule has 3 atom stereocenters. The molecule has 1 aromatic rings. The number of phosphoric ester groups is 1. The summed E-state index contributed by atoms with van der Waals surface area (Å²) in [6.07, 6.45) is -1.89. The number of nitrogens with one attached hydrogen (secondary N) is 2. The largest absolute Gasteiger partial charge is 0.530 e. The van der Waals surface area contributed by atoms with E-state index in [2.05, 4.69) is 15.4 Å². The first kappa shape index (κ1) is 35.9. The summed E-state index contributed by atoms with van der Waals surface area (Å²) >= 11 is 0. The Hall–Kier alpha value is -3.15. The molecular weight excluding hydrogens is 559 g/mol. The maximum Gasteiger partial charge on any atom is 0.530 e. The van der Waals surface area contributed by atoms with Crippen molar-refractivity contribution in [3.63, 3.8) is 0 Å². The Morgan fingerprint density at radius 2 is 1.71 bits per heavy atom. The number of rotatable bonds is 10. The molecule has 0 unspecified atom stereocenters. The van der Waals surface area contributed by atoms with Gasteiger partial charge in [0.15, 0.2) is 6.10 Å². The molecule has 1 heterocycles. The van der Waals surface area contributed by atoms with E-state index in [-0.39, 0.29) is 34.6 Å². The Balaban J connectivity index is 0. The molecule has 0 aromatic heterocycles. The van der Waals surface area contributed by atoms with Crippen molar-refractivity contribution >= 4 is 31.8 Å². The van der Waals surface area contributed by atoms with Crippen LogP contribution in [0, 0.1) is 5.41 Å². The zero-order valence-corrected chi connectivity index (χ0v) is 26.1. The first-order valence-electron chi connectivity index (χ1n) is 13.2. The minimum Gasteiger partial charge on any atom is -0.469 e. The molecule has 1 aliphatic rings. The third-order valence-electron chi connectivity index (χ3n) is 5.39. The van der Waals surface area contributed by atoms with Gasteiger partial charge in [-0.25, -0.2) is 14.2 Å². The predicted octanol–water partition coefficient (Wildman–Crippen LogP) is 4.42. The molecule has 0 spiro atoms. The summed E-state index contributed by atoms with van der Waals surface area (Å²) in [6, 6.07) is 5.14. The maximum atomic E-state index is 13.2. The lowest BCUT2D eigenvalue weighted by Gasteiger charge is -2.39. The second kappa shape index (κ2) is 15.7. The second-order valence-electron chi connectivity index (χ2n) is 10.5. The minimum absolute atomic E-state index is 0. The predicted molar refractivity (Wildman–Crippen MR) is 153 cm³/mol. The third-order valence-corrected chi connectivity index (χ3v) is 6.74. The normalized spacial score (nSPS) is 20.3. The number of benzene rings is 1. The molecule has 0 radical (unpaired) electrons. The van der Waals surface area contributed by atoms with Gasteiger partial charge in [-0.05, 0) is 38.5 Å². The Kier molecular flexibility index (Phi) is 13.8. The molecule has 1 fully saturated rings. The van der Waals surface area contributed by atoms with Crippen molar-refractivity contribution in [2.45, 2.75) is 79.1 Å². The van der Waals surface area contributed by atoms with E-state index in [0.29, 0.717) is 5.56 Å². The van der Waals surface area contributed by atoms with E-state index in [4.69, 9.17) is 23.0 Å². The molecule has 0 aliphatic carbocycles. The molecule has 1 aliphatic heterocycles. The first-order valence-corrected chi connectivity index (χ1v) is 14.7. The quantitative estimate of drug-likeness (QED) is 0.220. The van der Waals surface area contributed by atoms with Crippen LogP contribution in [0.25, 0.3) is 0 Å². The number of phosphoric acid groups is 1. The molecule has 2 N–H and O–H groups in total. The Morgan fingerprint density at radius 1 is 1.10 bits per heavy atom. The summed E-state index contributed by atoms with van der Waals surface area (Å²) < 4.78 is 44.2. The summed E-state index contributed by atoms with van der Waals surface area (Å²) in [5, 5.41) is 5.06. The van der Waals surface area contributed by atoms with Gasteiger partial charge in [0.25, 0.3) is 5.91 Å². The van der Waals surface area contributed by atoms with E-state index in [1.54, 1.807) is 46.8 Å². The van der Waals surface area contributed by atoms with Gasteiger partial charge in [0.05, 0.1) is 27.2 Å². The van der Waals surface area contributed by atoms with Crippen LogP contribution in [-0.2, 0) is 48.6 Å². The van der Waals surface area contributed by atoms with E-state index in [1.165, 1.54) is 26.4 Å². The van der Waals surface area contributed by atoms with Crippen molar-refractivity contribution in [1.29, 1.82) is 0 Å².